The SMILES string of the molecule is C=NC=CN(C)C. The zero-order valence-corrected chi connectivity index (χ0v) is 4.76. The predicted octanol–water partition coefficient (Wildman–Crippen LogP) is 0.720. The number of aliphatic imine (C=N–C) groups is 1. The molecular weight excluding hydrogens is 88.1 g/mol. The second-order valence-corrected chi connectivity index (χ2v) is 1.44. The van der Waals surface area contributed by atoms with Crippen molar-refractivity contribution in [3.63, 3.8) is 0 Å². The van der Waals surface area contributed by atoms with Crippen LogP contribution in [0.1, 0.15) is 0 Å². The summed E-state index contributed by atoms with van der Waals surface area (Å²) in [5, 5.41) is 0. The second kappa shape index (κ2) is 3.40. The van der Waals surface area contributed by atoms with Crippen LogP contribution in [0.4, 0.5) is 0 Å². The first-order valence-corrected chi connectivity index (χ1v) is 2.06. The second-order valence-electron chi connectivity index (χ2n) is 1.44. The lowest BCUT2D eigenvalue weighted by Gasteiger charge is -1.99. The average molecular weight is 98.1 g/mol. The fraction of sp³-hybridized carbons (Fsp3) is 0.400. The Labute approximate surface area is 44.2 Å². The van der Waals surface area contributed by atoms with Crippen LogP contribution in [0.3, 0.4) is 0 Å². The van der Waals surface area contributed by atoms with Crippen molar-refractivity contribution < 1.29 is 0 Å². The third-order valence-corrected chi connectivity index (χ3v) is 0.470. The maximum Gasteiger partial charge on any atom is 0.0419 e. The van der Waals surface area contributed by atoms with E-state index < -0.39 is 0 Å². The molecule has 0 aliphatic rings. The molecule has 0 aromatic heterocycles. The van der Waals surface area contributed by atoms with Crippen LogP contribution < -0.4 is 0 Å². The Bertz CT molecular complexity index is 74.1. The van der Waals surface area contributed by atoms with E-state index in [4.69, 9.17) is 0 Å². The number of hydrogen-bond donors (Lipinski definition) is 0. The van der Waals surface area contributed by atoms with Crippen LogP contribution in [-0.4, -0.2) is 25.7 Å². The minimum absolute atomic E-state index is 1.64. The summed E-state index contributed by atoms with van der Waals surface area (Å²) in [4.78, 5) is 5.40. The van der Waals surface area contributed by atoms with Gasteiger partial charge in [0.05, 0.1) is 0 Å². The molecule has 0 saturated carbocycles. The van der Waals surface area contributed by atoms with Gasteiger partial charge in [-0.05, 0) is 6.72 Å². The van der Waals surface area contributed by atoms with Crippen molar-refractivity contribution in [3.8, 4) is 0 Å². The molecule has 0 saturated heterocycles. The van der Waals surface area contributed by atoms with Gasteiger partial charge >= 0.3 is 0 Å². The van der Waals surface area contributed by atoms with E-state index in [1.807, 2.05) is 25.2 Å². The monoisotopic (exact) mass is 98.1 g/mol. The standard InChI is InChI=1S/C5H10N2/c1-6-4-5-7(2)3/h4-5H,1H2,2-3H3. The minimum atomic E-state index is 1.64. The van der Waals surface area contributed by atoms with Crippen LogP contribution in [0, 0.1) is 0 Å². The highest BCUT2D eigenvalue weighted by atomic mass is 15.0. The maximum absolute atomic E-state index is 3.50. The topological polar surface area (TPSA) is 15.6 Å². The molecule has 0 aliphatic heterocycles. The van der Waals surface area contributed by atoms with E-state index in [9.17, 15) is 0 Å². The number of hydrogen-bond acceptors (Lipinski definition) is 2. The van der Waals surface area contributed by atoms with Gasteiger partial charge in [-0.3, -0.25) is 4.99 Å². The van der Waals surface area contributed by atoms with E-state index in [1.54, 1.807) is 6.20 Å². The molecule has 2 heteroatoms. The van der Waals surface area contributed by atoms with Gasteiger partial charge in [-0.15, -0.1) is 0 Å². The van der Waals surface area contributed by atoms with Crippen molar-refractivity contribution in [2.75, 3.05) is 14.1 Å². The van der Waals surface area contributed by atoms with E-state index in [2.05, 4.69) is 11.7 Å². The van der Waals surface area contributed by atoms with Crippen molar-refractivity contribution >= 4 is 6.72 Å². The summed E-state index contributed by atoms with van der Waals surface area (Å²) in [6.07, 6.45) is 3.47. The van der Waals surface area contributed by atoms with Gasteiger partial charge in [-0.1, -0.05) is 0 Å². The van der Waals surface area contributed by atoms with Crippen molar-refractivity contribution in [2.45, 2.75) is 0 Å². The van der Waals surface area contributed by atoms with E-state index in [0.717, 1.165) is 0 Å². The minimum Gasteiger partial charge on any atom is -0.382 e. The summed E-state index contributed by atoms with van der Waals surface area (Å²) < 4.78 is 0. The molecule has 0 heterocycles. The third kappa shape index (κ3) is 5.21. The Morgan fingerprint density at radius 3 is 2.29 bits per heavy atom. The smallest absolute Gasteiger partial charge is 0.0419 e. The Kier molecular flexibility index (Phi) is 3.02. The highest BCUT2D eigenvalue weighted by Crippen LogP contribution is 1.74. The van der Waals surface area contributed by atoms with Gasteiger partial charge in [-0.25, -0.2) is 0 Å². The highest BCUT2D eigenvalue weighted by Gasteiger charge is 1.68. The van der Waals surface area contributed by atoms with Crippen LogP contribution in [0.15, 0.2) is 17.4 Å². The molecule has 0 spiro atoms. The summed E-state index contributed by atoms with van der Waals surface area (Å²) >= 11 is 0. The number of nitrogens with zero attached hydrogens (tertiary/aromatic N) is 2. The van der Waals surface area contributed by atoms with Crippen LogP contribution >= 0.6 is 0 Å². The molecule has 0 aromatic carbocycles. The number of rotatable bonds is 2. The zero-order chi connectivity index (χ0) is 5.70. The quantitative estimate of drug-likeness (QED) is 0.465. The van der Waals surface area contributed by atoms with Gasteiger partial charge in [0.15, 0.2) is 0 Å². The lowest BCUT2D eigenvalue weighted by atomic mass is 10.8. The normalized spacial score (nSPS) is 9.43. The summed E-state index contributed by atoms with van der Waals surface area (Å²) in [6, 6.07) is 0. The molecule has 0 aliphatic carbocycles. The van der Waals surface area contributed by atoms with Crippen molar-refractivity contribution in [2.24, 2.45) is 4.99 Å². The fourth-order valence-electron chi connectivity index (χ4n) is 0.180. The lowest BCUT2D eigenvalue weighted by Crippen LogP contribution is -1.99. The lowest BCUT2D eigenvalue weighted by molar-refractivity contribution is 0.562. The van der Waals surface area contributed by atoms with Crippen molar-refractivity contribution in [3.05, 3.63) is 12.4 Å². The van der Waals surface area contributed by atoms with Crippen molar-refractivity contribution in [1.29, 1.82) is 0 Å². The van der Waals surface area contributed by atoms with Crippen LogP contribution in [-0.2, 0) is 0 Å². The van der Waals surface area contributed by atoms with E-state index in [0.29, 0.717) is 0 Å². The van der Waals surface area contributed by atoms with Gasteiger partial charge in [0.1, 0.15) is 0 Å². The Morgan fingerprint density at radius 1 is 1.57 bits per heavy atom. The molecular formula is C5H10N2. The maximum atomic E-state index is 3.50. The van der Waals surface area contributed by atoms with Crippen molar-refractivity contribution in [1.82, 2.24) is 4.90 Å². The molecule has 0 aromatic rings. The molecule has 0 bridgehead atoms. The molecule has 0 radical (unpaired) electrons. The molecule has 0 rings (SSSR count). The van der Waals surface area contributed by atoms with Crippen LogP contribution in [0.2, 0.25) is 0 Å². The van der Waals surface area contributed by atoms with Gasteiger partial charge in [0.25, 0.3) is 0 Å². The average Bonchev–Trinajstić information content (AvgIpc) is 1.61. The summed E-state index contributed by atoms with van der Waals surface area (Å²) in [5.41, 5.74) is 0. The van der Waals surface area contributed by atoms with E-state index in [-0.39, 0.29) is 0 Å². The molecule has 0 fully saturated rings. The Hall–Kier alpha value is -0.790. The van der Waals surface area contributed by atoms with E-state index >= 15 is 0 Å². The van der Waals surface area contributed by atoms with E-state index in [1.165, 1.54) is 0 Å². The third-order valence-electron chi connectivity index (χ3n) is 0.470. The van der Waals surface area contributed by atoms with Gasteiger partial charge in [0.2, 0.25) is 0 Å². The Balaban J connectivity index is 3.25. The first-order valence-electron chi connectivity index (χ1n) is 2.06. The molecule has 7 heavy (non-hydrogen) atoms. The van der Waals surface area contributed by atoms with Crippen LogP contribution in [0.25, 0.3) is 0 Å². The summed E-state index contributed by atoms with van der Waals surface area (Å²) in [6.45, 7) is 3.27. The largest absolute Gasteiger partial charge is 0.382 e. The Morgan fingerprint density at radius 2 is 2.14 bits per heavy atom. The molecule has 0 amide bonds. The summed E-state index contributed by atoms with van der Waals surface area (Å²) in [5.74, 6) is 0. The van der Waals surface area contributed by atoms with Crippen LogP contribution in [0.5, 0.6) is 0 Å². The first kappa shape index (κ1) is 6.21. The van der Waals surface area contributed by atoms with Gasteiger partial charge in [0, 0.05) is 26.5 Å². The first-order chi connectivity index (χ1) is 3.27. The molecule has 0 unspecified atom stereocenters. The summed E-state index contributed by atoms with van der Waals surface area (Å²) in [7, 11) is 3.86. The highest BCUT2D eigenvalue weighted by molar-refractivity contribution is 5.25. The predicted molar refractivity (Wildman–Crippen MR) is 32.4 cm³/mol. The molecule has 2 nitrogen and oxygen atoms in total. The molecule has 0 N–H and O–H groups in total. The van der Waals surface area contributed by atoms with Gasteiger partial charge in [-0.2, -0.15) is 0 Å². The zero-order valence-electron chi connectivity index (χ0n) is 4.76. The van der Waals surface area contributed by atoms with Gasteiger partial charge < -0.3 is 4.90 Å². The molecule has 40 valence electrons. The molecule has 0 atom stereocenters. The fourth-order valence-corrected chi connectivity index (χ4v) is 0.180.